The van der Waals surface area contributed by atoms with E-state index < -0.39 is 17.5 Å². The summed E-state index contributed by atoms with van der Waals surface area (Å²) in [7, 11) is 1.62. The van der Waals surface area contributed by atoms with Crippen LogP contribution in [0.5, 0.6) is 0 Å². The zero-order chi connectivity index (χ0) is 14.0. The molecular formula is C12H12F2N4O. The molecule has 1 aromatic heterocycles. The molecule has 0 saturated heterocycles. The number of amides is 1. The van der Waals surface area contributed by atoms with Gasteiger partial charge in [0.1, 0.15) is 11.6 Å². The van der Waals surface area contributed by atoms with Gasteiger partial charge in [0.25, 0.3) is 5.91 Å². The lowest BCUT2D eigenvalue weighted by molar-refractivity contribution is 0.0945. The quantitative estimate of drug-likeness (QED) is 0.877. The highest BCUT2D eigenvalue weighted by atomic mass is 19.1. The van der Waals surface area contributed by atoms with E-state index in [-0.39, 0.29) is 23.5 Å². The van der Waals surface area contributed by atoms with Crippen LogP contribution in [0.2, 0.25) is 0 Å². The molecule has 1 aromatic carbocycles. The Morgan fingerprint density at radius 1 is 1.47 bits per heavy atom. The van der Waals surface area contributed by atoms with E-state index >= 15 is 0 Å². The highest BCUT2D eigenvalue weighted by Crippen LogP contribution is 2.11. The molecule has 0 aliphatic rings. The number of aromatic nitrogens is 2. The van der Waals surface area contributed by atoms with Crippen molar-refractivity contribution < 1.29 is 13.6 Å². The Morgan fingerprint density at radius 2 is 2.21 bits per heavy atom. The number of hydrogen-bond acceptors (Lipinski definition) is 3. The summed E-state index contributed by atoms with van der Waals surface area (Å²) in [6.07, 6.45) is 1.48. The number of anilines is 1. The zero-order valence-corrected chi connectivity index (χ0v) is 10.2. The van der Waals surface area contributed by atoms with Gasteiger partial charge in [-0.2, -0.15) is 5.10 Å². The maximum absolute atomic E-state index is 13.3. The number of hydrogen-bond donors (Lipinski definition) is 2. The summed E-state index contributed by atoms with van der Waals surface area (Å²) in [4.78, 5) is 11.8. The SMILES string of the molecule is Cn1cc(N)c(C(=O)NCc2cc(F)ccc2F)n1. The molecule has 0 bridgehead atoms. The first-order chi connectivity index (χ1) is 8.97. The van der Waals surface area contributed by atoms with Crippen LogP contribution in [0.1, 0.15) is 16.1 Å². The number of halogens is 2. The van der Waals surface area contributed by atoms with Crippen molar-refractivity contribution in [2.24, 2.45) is 7.05 Å². The van der Waals surface area contributed by atoms with Gasteiger partial charge in [0, 0.05) is 25.4 Å². The molecule has 0 spiro atoms. The lowest BCUT2D eigenvalue weighted by atomic mass is 10.2. The van der Waals surface area contributed by atoms with E-state index in [0.717, 1.165) is 18.2 Å². The van der Waals surface area contributed by atoms with Crippen LogP contribution in [0, 0.1) is 11.6 Å². The number of rotatable bonds is 3. The number of carbonyl (C=O) groups is 1. The second-order valence-electron chi connectivity index (χ2n) is 4.03. The van der Waals surface area contributed by atoms with Crippen molar-refractivity contribution in [2.75, 3.05) is 5.73 Å². The zero-order valence-electron chi connectivity index (χ0n) is 10.2. The van der Waals surface area contributed by atoms with Crippen LogP contribution >= 0.6 is 0 Å². The molecule has 0 atom stereocenters. The van der Waals surface area contributed by atoms with Gasteiger partial charge in [0.05, 0.1) is 5.69 Å². The van der Waals surface area contributed by atoms with Crippen molar-refractivity contribution >= 4 is 11.6 Å². The van der Waals surface area contributed by atoms with Crippen LogP contribution in [0.3, 0.4) is 0 Å². The molecule has 0 saturated carbocycles. The summed E-state index contributed by atoms with van der Waals surface area (Å²) in [6.45, 7) is -0.140. The van der Waals surface area contributed by atoms with E-state index in [1.54, 1.807) is 7.05 Å². The van der Waals surface area contributed by atoms with Gasteiger partial charge >= 0.3 is 0 Å². The maximum atomic E-state index is 13.3. The Hall–Kier alpha value is -2.44. The third kappa shape index (κ3) is 2.87. The molecule has 0 radical (unpaired) electrons. The molecule has 3 N–H and O–H groups in total. The summed E-state index contributed by atoms with van der Waals surface area (Å²) in [5.74, 6) is -1.69. The highest BCUT2D eigenvalue weighted by molar-refractivity contribution is 5.96. The minimum Gasteiger partial charge on any atom is -0.396 e. The molecule has 0 fully saturated rings. The van der Waals surface area contributed by atoms with Crippen LogP contribution in [-0.4, -0.2) is 15.7 Å². The van der Waals surface area contributed by atoms with Crippen molar-refractivity contribution in [3.05, 3.63) is 47.3 Å². The highest BCUT2D eigenvalue weighted by Gasteiger charge is 2.14. The van der Waals surface area contributed by atoms with Gasteiger partial charge in [-0.15, -0.1) is 0 Å². The molecule has 0 aliphatic heterocycles. The monoisotopic (exact) mass is 266 g/mol. The van der Waals surface area contributed by atoms with Gasteiger partial charge < -0.3 is 11.1 Å². The second kappa shape index (κ2) is 5.05. The van der Waals surface area contributed by atoms with E-state index in [9.17, 15) is 13.6 Å². The molecule has 19 heavy (non-hydrogen) atoms. The number of nitrogens with one attached hydrogen (secondary N) is 1. The van der Waals surface area contributed by atoms with E-state index in [4.69, 9.17) is 5.73 Å². The normalized spacial score (nSPS) is 10.5. The smallest absolute Gasteiger partial charge is 0.274 e. The van der Waals surface area contributed by atoms with Gasteiger partial charge in [-0.05, 0) is 18.2 Å². The van der Waals surface area contributed by atoms with Gasteiger partial charge in [0.2, 0.25) is 0 Å². The fourth-order valence-corrected chi connectivity index (χ4v) is 1.62. The summed E-state index contributed by atoms with van der Waals surface area (Å²) in [6, 6.07) is 3.04. The largest absolute Gasteiger partial charge is 0.396 e. The van der Waals surface area contributed by atoms with E-state index in [1.807, 2.05) is 0 Å². The molecular weight excluding hydrogens is 254 g/mol. The summed E-state index contributed by atoms with van der Waals surface area (Å²) in [5.41, 5.74) is 5.92. The lowest BCUT2D eigenvalue weighted by Crippen LogP contribution is -2.24. The van der Waals surface area contributed by atoms with Crippen LogP contribution < -0.4 is 11.1 Å². The van der Waals surface area contributed by atoms with Crippen molar-refractivity contribution in [2.45, 2.75) is 6.54 Å². The topological polar surface area (TPSA) is 72.9 Å². The first kappa shape index (κ1) is 13.0. The van der Waals surface area contributed by atoms with E-state index in [0.29, 0.717) is 0 Å². The summed E-state index contributed by atoms with van der Waals surface area (Å²) in [5, 5.41) is 6.31. The molecule has 2 rings (SSSR count). The number of nitrogens with two attached hydrogens (primary N) is 1. The number of aryl methyl sites for hydroxylation is 1. The van der Waals surface area contributed by atoms with Crippen LogP contribution in [0.15, 0.2) is 24.4 Å². The number of benzene rings is 1. The van der Waals surface area contributed by atoms with Crippen molar-refractivity contribution in [3.63, 3.8) is 0 Å². The number of nitrogens with zero attached hydrogens (tertiary/aromatic N) is 2. The molecule has 5 nitrogen and oxygen atoms in total. The summed E-state index contributed by atoms with van der Waals surface area (Å²) < 4.78 is 27.7. The summed E-state index contributed by atoms with van der Waals surface area (Å²) >= 11 is 0. The van der Waals surface area contributed by atoms with Gasteiger partial charge in [0.15, 0.2) is 5.69 Å². The molecule has 0 unspecified atom stereocenters. The van der Waals surface area contributed by atoms with Crippen LogP contribution in [-0.2, 0) is 13.6 Å². The van der Waals surface area contributed by atoms with E-state index in [2.05, 4.69) is 10.4 Å². The lowest BCUT2D eigenvalue weighted by Gasteiger charge is -2.05. The Labute approximate surface area is 108 Å². The van der Waals surface area contributed by atoms with E-state index in [1.165, 1.54) is 10.9 Å². The Morgan fingerprint density at radius 3 is 2.84 bits per heavy atom. The molecule has 1 heterocycles. The predicted octanol–water partition coefficient (Wildman–Crippen LogP) is 1.21. The molecule has 0 aliphatic carbocycles. The molecule has 1 amide bonds. The third-order valence-electron chi connectivity index (χ3n) is 2.52. The fraction of sp³-hybridized carbons (Fsp3) is 0.167. The second-order valence-corrected chi connectivity index (χ2v) is 4.03. The standard InChI is InChI=1S/C12H12F2N4O/c1-18-6-10(15)11(17-18)12(19)16-5-7-4-8(13)2-3-9(7)14/h2-4,6H,5,15H2,1H3,(H,16,19). The van der Waals surface area contributed by atoms with Gasteiger partial charge in [-0.25, -0.2) is 8.78 Å². The Balaban J connectivity index is 2.08. The van der Waals surface area contributed by atoms with Crippen LogP contribution in [0.4, 0.5) is 14.5 Å². The Kier molecular flexibility index (Phi) is 3.46. The van der Waals surface area contributed by atoms with Crippen molar-refractivity contribution in [1.29, 1.82) is 0 Å². The first-order valence-electron chi connectivity index (χ1n) is 5.48. The predicted molar refractivity (Wildman–Crippen MR) is 65.1 cm³/mol. The van der Waals surface area contributed by atoms with Crippen molar-refractivity contribution in [1.82, 2.24) is 15.1 Å². The molecule has 100 valence electrons. The average molecular weight is 266 g/mol. The number of nitrogen functional groups attached to an aromatic ring is 1. The van der Waals surface area contributed by atoms with Gasteiger partial charge in [-0.1, -0.05) is 0 Å². The minimum absolute atomic E-state index is 0.0549. The Bertz CT molecular complexity index is 624. The average Bonchev–Trinajstić information content (AvgIpc) is 2.69. The van der Waals surface area contributed by atoms with Crippen LogP contribution in [0.25, 0.3) is 0 Å². The fourth-order valence-electron chi connectivity index (χ4n) is 1.62. The minimum atomic E-state index is -0.587. The van der Waals surface area contributed by atoms with Gasteiger partial charge in [-0.3, -0.25) is 9.48 Å². The maximum Gasteiger partial charge on any atom is 0.274 e. The molecule has 2 aromatic rings. The molecule has 7 heteroatoms. The third-order valence-corrected chi connectivity index (χ3v) is 2.52. The first-order valence-corrected chi connectivity index (χ1v) is 5.48. The number of carbonyl (C=O) groups excluding carboxylic acids is 1. The van der Waals surface area contributed by atoms with Crippen molar-refractivity contribution in [3.8, 4) is 0 Å².